The third-order valence-corrected chi connectivity index (χ3v) is 5.90. The molecule has 0 unspecified atom stereocenters. The molecule has 1 heterocycles. The quantitative estimate of drug-likeness (QED) is 0.361. The predicted octanol–water partition coefficient (Wildman–Crippen LogP) is 4.05. The Balaban J connectivity index is 1.71. The van der Waals surface area contributed by atoms with Crippen LogP contribution in [0, 0.1) is 0 Å². The number of aryl methyl sites for hydroxylation is 2. The summed E-state index contributed by atoms with van der Waals surface area (Å²) in [6.45, 7) is 2.09. The van der Waals surface area contributed by atoms with Crippen LogP contribution in [0.2, 0.25) is 0 Å². The van der Waals surface area contributed by atoms with Crippen LogP contribution < -0.4 is 0 Å². The third-order valence-electron chi connectivity index (χ3n) is 5.90. The Kier molecular flexibility index (Phi) is 9.92. The van der Waals surface area contributed by atoms with Crippen molar-refractivity contribution in [3.05, 3.63) is 95.8 Å². The Bertz CT molecular complexity index is 1020. The van der Waals surface area contributed by atoms with Crippen LogP contribution in [0.15, 0.2) is 79.0 Å². The zero-order valence-electron chi connectivity index (χ0n) is 20.2. The van der Waals surface area contributed by atoms with E-state index < -0.39 is 0 Å². The van der Waals surface area contributed by atoms with Gasteiger partial charge in [-0.25, -0.2) is 0 Å². The number of nitrogens with zero attached hydrogens (tertiary/aromatic N) is 3. The Morgan fingerprint density at radius 3 is 2.12 bits per heavy atom. The molecule has 2 aromatic carbocycles. The van der Waals surface area contributed by atoms with Gasteiger partial charge < -0.3 is 19.1 Å². The number of methoxy groups -OCH3 is 1. The number of benzene rings is 2. The summed E-state index contributed by atoms with van der Waals surface area (Å²) in [5.41, 5.74) is 3.23. The van der Waals surface area contributed by atoms with Crippen LogP contribution in [0.25, 0.3) is 0 Å². The van der Waals surface area contributed by atoms with E-state index in [4.69, 9.17) is 4.74 Å². The van der Waals surface area contributed by atoms with E-state index in [0.717, 1.165) is 16.8 Å². The van der Waals surface area contributed by atoms with Crippen molar-refractivity contribution in [1.82, 2.24) is 14.4 Å². The second-order valence-corrected chi connectivity index (χ2v) is 8.49. The predicted molar refractivity (Wildman–Crippen MR) is 134 cm³/mol. The van der Waals surface area contributed by atoms with Gasteiger partial charge in [0.2, 0.25) is 11.8 Å². The molecule has 0 radical (unpaired) electrons. The molecule has 0 aliphatic carbocycles. The first-order valence-electron chi connectivity index (χ1n) is 11.8. The van der Waals surface area contributed by atoms with Crippen molar-refractivity contribution in [1.29, 1.82) is 0 Å². The molecule has 3 aromatic rings. The lowest BCUT2D eigenvalue weighted by molar-refractivity contribution is -0.141. The van der Waals surface area contributed by atoms with Crippen molar-refractivity contribution < 1.29 is 14.3 Å². The van der Waals surface area contributed by atoms with Crippen molar-refractivity contribution in [2.45, 2.75) is 32.4 Å². The summed E-state index contributed by atoms with van der Waals surface area (Å²) >= 11 is 0. The molecule has 6 nitrogen and oxygen atoms in total. The summed E-state index contributed by atoms with van der Waals surface area (Å²) < 4.78 is 7.20. The van der Waals surface area contributed by atoms with Gasteiger partial charge in [0.25, 0.3) is 0 Å². The van der Waals surface area contributed by atoms with E-state index in [0.29, 0.717) is 45.5 Å². The number of carbonyl (C=O) groups excluding carboxylic acids is 2. The van der Waals surface area contributed by atoms with Gasteiger partial charge in [-0.3, -0.25) is 9.59 Å². The second kappa shape index (κ2) is 13.4. The first kappa shape index (κ1) is 25.2. The summed E-state index contributed by atoms with van der Waals surface area (Å²) in [6, 6.07) is 23.9. The standard InChI is InChI=1S/C28H35N3O3/c1-29-18-9-15-26(29)22-31(21-25-13-7-4-8-14-25)28(33)23-30(19-10-20-34-2)27(32)17-16-24-11-5-3-6-12-24/h3-9,11-15,18H,10,16-17,19-23H2,1-2H3. The molecule has 0 aliphatic heterocycles. The largest absolute Gasteiger partial charge is 0.385 e. The summed E-state index contributed by atoms with van der Waals surface area (Å²) in [5.74, 6) is -0.0673. The zero-order valence-corrected chi connectivity index (χ0v) is 20.2. The van der Waals surface area contributed by atoms with Gasteiger partial charge in [0.1, 0.15) is 0 Å². The number of aromatic nitrogens is 1. The molecular weight excluding hydrogens is 426 g/mol. The Morgan fingerprint density at radius 2 is 1.50 bits per heavy atom. The topological polar surface area (TPSA) is 54.8 Å². The summed E-state index contributed by atoms with van der Waals surface area (Å²) in [6.07, 6.45) is 3.70. The van der Waals surface area contributed by atoms with Gasteiger partial charge in [0.05, 0.1) is 13.1 Å². The highest BCUT2D eigenvalue weighted by Gasteiger charge is 2.22. The van der Waals surface area contributed by atoms with E-state index in [1.807, 2.05) is 95.5 Å². The Labute approximate surface area is 202 Å². The molecule has 0 atom stereocenters. The van der Waals surface area contributed by atoms with E-state index in [-0.39, 0.29) is 18.4 Å². The molecule has 34 heavy (non-hydrogen) atoms. The molecule has 2 amide bonds. The number of ether oxygens (including phenoxy) is 1. The van der Waals surface area contributed by atoms with E-state index in [1.165, 1.54) is 0 Å². The molecule has 1 aromatic heterocycles. The number of hydrogen-bond donors (Lipinski definition) is 0. The molecule has 0 saturated carbocycles. The SMILES string of the molecule is COCCCN(CC(=O)N(Cc1ccccc1)Cc1cccn1C)C(=O)CCc1ccccc1. The highest BCUT2D eigenvalue weighted by molar-refractivity contribution is 5.85. The molecule has 3 rings (SSSR count). The van der Waals surface area contributed by atoms with Gasteiger partial charge >= 0.3 is 0 Å². The van der Waals surface area contributed by atoms with Gasteiger partial charge in [-0.15, -0.1) is 0 Å². The summed E-state index contributed by atoms with van der Waals surface area (Å²) in [4.78, 5) is 30.1. The highest BCUT2D eigenvalue weighted by atomic mass is 16.5. The normalized spacial score (nSPS) is 10.8. The Morgan fingerprint density at radius 1 is 0.824 bits per heavy atom. The molecular formula is C28H35N3O3. The van der Waals surface area contributed by atoms with Crippen molar-refractivity contribution >= 4 is 11.8 Å². The van der Waals surface area contributed by atoms with Crippen LogP contribution in [0.4, 0.5) is 0 Å². The van der Waals surface area contributed by atoms with Gasteiger partial charge in [-0.05, 0) is 36.1 Å². The minimum absolute atomic E-state index is 0.00756. The van der Waals surface area contributed by atoms with Crippen LogP contribution in [0.1, 0.15) is 29.7 Å². The molecule has 0 fully saturated rings. The van der Waals surface area contributed by atoms with Crippen LogP contribution in [-0.2, 0) is 40.9 Å². The molecule has 0 bridgehead atoms. The third kappa shape index (κ3) is 7.89. The fraction of sp³-hybridized carbons (Fsp3) is 0.357. The lowest BCUT2D eigenvalue weighted by Crippen LogP contribution is -2.43. The lowest BCUT2D eigenvalue weighted by Gasteiger charge is -2.28. The Hall–Kier alpha value is -3.38. The monoisotopic (exact) mass is 461 g/mol. The molecule has 6 heteroatoms. The first-order valence-corrected chi connectivity index (χ1v) is 11.8. The van der Waals surface area contributed by atoms with E-state index in [9.17, 15) is 9.59 Å². The van der Waals surface area contributed by atoms with Crippen molar-refractivity contribution in [2.24, 2.45) is 7.05 Å². The van der Waals surface area contributed by atoms with E-state index in [2.05, 4.69) is 0 Å². The summed E-state index contributed by atoms with van der Waals surface area (Å²) in [5, 5.41) is 0. The minimum Gasteiger partial charge on any atom is -0.385 e. The average Bonchev–Trinajstić information content (AvgIpc) is 3.27. The molecule has 0 spiro atoms. The molecule has 0 N–H and O–H groups in total. The maximum Gasteiger partial charge on any atom is 0.242 e. The maximum absolute atomic E-state index is 13.5. The highest BCUT2D eigenvalue weighted by Crippen LogP contribution is 2.13. The number of amides is 2. The number of carbonyl (C=O) groups is 2. The fourth-order valence-corrected chi connectivity index (χ4v) is 3.90. The van der Waals surface area contributed by atoms with Gasteiger partial charge in [-0.1, -0.05) is 60.7 Å². The average molecular weight is 462 g/mol. The minimum atomic E-state index is -0.0597. The lowest BCUT2D eigenvalue weighted by atomic mass is 10.1. The van der Waals surface area contributed by atoms with Crippen LogP contribution in [0.3, 0.4) is 0 Å². The first-order chi connectivity index (χ1) is 16.6. The summed E-state index contributed by atoms with van der Waals surface area (Å²) in [7, 11) is 3.62. The fourth-order valence-electron chi connectivity index (χ4n) is 3.90. The van der Waals surface area contributed by atoms with Gasteiger partial charge in [0, 0.05) is 52.2 Å². The van der Waals surface area contributed by atoms with Crippen molar-refractivity contribution in [3.8, 4) is 0 Å². The van der Waals surface area contributed by atoms with Crippen LogP contribution >= 0.6 is 0 Å². The second-order valence-electron chi connectivity index (χ2n) is 8.49. The number of rotatable bonds is 13. The van der Waals surface area contributed by atoms with E-state index in [1.54, 1.807) is 12.0 Å². The van der Waals surface area contributed by atoms with Crippen molar-refractivity contribution in [3.63, 3.8) is 0 Å². The van der Waals surface area contributed by atoms with Gasteiger partial charge in [-0.2, -0.15) is 0 Å². The molecule has 180 valence electrons. The number of hydrogen-bond acceptors (Lipinski definition) is 3. The van der Waals surface area contributed by atoms with Gasteiger partial charge in [0.15, 0.2) is 0 Å². The van der Waals surface area contributed by atoms with E-state index >= 15 is 0 Å². The van der Waals surface area contributed by atoms with Crippen LogP contribution in [-0.4, -0.2) is 53.0 Å². The zero-order chi connectivity index (χ0) is 24.2. The van der Waals surface area contributed by atoms with Crippen molar-refractivity contribution in [2.75, 3.05) is 26.8 Å². The smallest absolute Gasteiger partial charge is 0.242 e. The molecule has 0 aliphatic rings. The van der Waals surface area contributed by atoms with Crippen LogP contribution in [0.5, 0.6) is 0 Å². The maximum atomic E-state index is 13.5. The molecule has 0 saturated heterocycles.